The third-order valence-electron chi connectivity index (χ3n) is 4.07. The van der Waals surface area contributed by atoms with E-state index in [1.54, 1.807) is 30.6 Å². The fraction of sp³-hybridized carbons (Fsp3) is 0.176. The van der Waals surface area contributed by atoms with E-state index in [1.165, 1.54) is 0 Å². The Morgan fingerprint density at radius 2 is 1.74 bits per heavy atom. The average molecular weight is 329 g/mol. The summed E-state index contributed by atoms with van der Waals surface area (Å²) in [5, 5.41) is -1.18. The highest BCUT2D eigenvalue weighted by Gasteiger charge is 2.47. The highest BCUT2D eigenvalue weighted by Crippen LogP contribution is 2.54. The number of hydrogen-bond donors (Lipinski definition) is 2. The highest BCUT2D eigenvalue weighted by molar-refractivity contribution is 7.53. The molecule has 2 aromatic heterocycles. The molecule has 1 unspecified atom stereocenters. The minimum Gasteiger partial charge on any atom is -0.324 e. The van der Waals surface area contributed by atoms with E-state index >= 15 is 0 Å². The van der Waals surface area contributed by atoms with Gasteiger partial charge < -0.3 is 9.79 Å². The van der Waals surface area contributed by atoms with Crippen LogP contribution in [0.25, 0.3) is 11.1 Å². The monoisotopic (exact) mass is 329 g/mol. The molecule has 1 aliphatic rings. The van der Waals surface area contributed by atoms with Gasteiger partial charge in [-0.15, -0.1) is 0 Å². The SMILES string of the molecule is O=P(O)(O)C1(C[n+]2ccc(-c3ccncc3)cc2)C=CC=CC1. The fourth-order valence-electron chi connectivity index (χ4n) is 2.69. The van der Waals surface area contributed by atoms with Gasteiger partial charge in [0.15, 0.2) is 24.1 Å². The molecule has 0 bridgehead atoms. The largest absolute Gasteiger partial charge is 0.342 e. The maximum Gasteiger partial charge on any atom is 0.342 e. The van der Waals surface area contributed by atoms with Crippen LogP contribution in [0.5, 0.6) is 0 Å². The van der Waals surface area contributed by atoms with Gasteiger partial charge in [0.05, 0.1) is 0 Å². The normalized spacial score (nSPS) is 20.6. The lowest BCUT2D eigenvalue weighted by Crippen LogP contribution is -2.46. The topological polar surface area (TPSA) is 74.3 Å². The Morgan fingerprint density at radius 1 is 1.09 bits per heavy atom. The van der Waals surface area contributed by atoms with Gasteiger partial charge in [-0.05, 0) is 29.7 Å². The van der Waals surface area contributed by atoms with E-state index in [9.17, 15) is 14.4 Å². The molecule has 0 spiro atoms. The molecule has 0 fully saturated rings. The molecule has 0 saturated carbocycles. The Hall–Kier alpha value is -2.07. The zero-order valence-electron chi connectivity index (χ0n) is 12.5. The molecule has 2 N–H and O–H groups in total. The molecule has 6 heteroatoms. The molecule has 0 radical (unpaired) electrons. The van der Waals surface area contributed by atoms with Crippen LogP contribution in [0, 0.1) is 0 Å². The highest BCUT2D eigenvalue weighted by atomic mass is 31.2. The first-order chi connectivity index (χ1) is 11.0. The van der Waals surface area contributed by atoms with Gasteiger partial charge in [-0.1, -0.05) is 24.3 Å². The maximum absolute atomic E-state index is 12.0. The van der Waals surface area contributed by atoms with Crippen molar-refractivity contribution in [1.82, 2.24) is 4.98 Å². The molecule has 118 valence electrons. The van der Waals surface area contributed by atoms with Crippen molar-refractivity contribution in [3.05, 3.63) is 73.4 Å². The fourth-order valence-corrected chi connectivity index (χ4v) is 3.67. The molecular formula is C17H18N2O3P+. The summed E-state index contributed by atoms with van der Waals surface area (Å²) >= 11 is 0. The van der Waals surface area contributed by atoms with Crippen LogP contribution in [0.4, 0.5) is 0 Å². The van der Waals surface area contributed by atoms with E-state index in [2.05, 4.69) is 4.98 Å². The zero-order valence-corrected chi connectivity index (χ0v) is 13.4. The quantitative estimate of drug-likeness (QED) is 0.667. The van der Waals surface area contributed by atoms with Crippen LogP contribution in [0.2, 0.25) is 0 Å². The molecule has 2 aromatic rings. The minimum atomic E-state index is -4.27. The lowest BCUT2D eigenvalue weighted by atomic mass is 9.99. The Bertz CT molecular complexity index is 781. The van der Waals surface area contributed by atoms with Crippen molar-refractivity contribution in [2.45, 2.75) is 18.1 Å². The predicted molar refractivity (Wildman–Crippen MR) is 87.5 cm³/mol. The van der Waals surface area contributed by atoms with Crippen molar-refractivity contribution >= 4 is 7.60 Å². The lowest BCUT2D eigenvalue weighted by molar-refractivity contribution is -0.699. The van der Waals surface area contributed by atoms with Crippen LogP contribution in [0.3, 0.4) is 0 Å². The van der Waals surface area contributed by atoms with Crippen LogP contribution in [-0.4, -0.2) is 19.9 Å². The lowest BCUT2D eigenvalue weighted by Gasteiger charge is -2.28. The van der Waals surface area contributed by atoms with Crippen molar-refractivity contribution in [1.29, 1.82) is 0 Å². The summed E-state index contributed by atoms with van der Waals surface area (Å²) < 4.78 is 13.8. The molecule has 3 rings (SSSR count). The Morgan fingerprint density at radius 3 is 2.30 bits per heavy atom. The third-order valence-corrected chi connectivity index (χ3v) is 5.70. The van der Waals surface area contributed by atoms with E-state index in [0.29, 0.717) is 6.42 Å². The summed E-state index contributed by atoms with van der Waals surface area (Å²) in [5.74, 6) is 0. The number of hydrogen-bond acceptors (Lipinski definition) is 2. The molecule has 0 aromatic carbocycles. The average Bonchev–Trinajstić information content (AvgIpc) is 2.56. The maximum atomic E-state index is 12.0. The van der Waals surface area contributed by atoms with Gasteiger partial charge in [0.1, 0.15) is 0 Å². The van der Waals surface area contributed by atoms with Crippen molar-refractivity contribution in [2.75, 3.05) is 0 Å². The first-order valence-electron chi connectivity index (χ1n) is 7.30. The number of pyridine rings is 2. The number of nitrogens with zero attached hydrogens (tertiary/aromatic N) is 2. The number of aromatic nitrogens is 2. The van der Waals surface area contributed by atoms with Gasteiger partial charge >= 0.3 is 7.60 Å². The Balaban J connectivity index is 1.86. The molecule has 5 nitrogen and oxygen atoms in total. The summed E-state index contributed by atoms with van der Waals surface area (Å²) in [6.45, 7) is 0.231. The molecule has 0 saturated heterocycles. The molecular weight excluding hydrogens is 311 g/mol. The van der Waals surface area contributed by atoms with Crippen molar-refractivity contribution in [3.8, 4) is 11.1 Å². The first kappa shape index (κ1) is 15.8. The van der Waals surface area contributed by atoms with Gasteiger partial charge in [0.25, 0.3) is 0 Å². The van der Waals surface area contributed by atoms with Gasteiger partial charge in [-0.3, -0.25) is 9.55 Å². The molecule has 0 amide bonds. The van der Waals surface area contributed by atoms with Gasteiger partial charge in [0, 0.05) is 24.5 Å². The van der Waals surface area contributed by atoms with Crippen LogP contribution >= 0.6 is 7.60 Å². The van der Waals surface area contributed by atoms with Crippen LogP contribution < -0.4 is 4.57 Å². The Labute approximate surface area is 134 Å². The van der Waals surface area contributed by atoms with E-state index in [0.717, 1.165) is 11.1 Å². The van der Waals surface area contributed by atoms with Crippen molar-refractivity contribution in [2.24, 2.45) is 0 Å². The smallest absolute Gasteiger partial charge is 0.324 e. The summed E-state index contributed by atoms with van der Waals surface area (Å²) in [6, 6.07) is 7.72. The molecule has 1 atom stereocenters. The summed E-state index contributed by atoms with van der Waals surface area (Å²) in [5.41, 5.74) is 2.09. The van der Waals surface area contributed by atoms with Crippen LogP contribution in [-0.2, 0) is 11.1 Å². The van der Waals surface area contributed by atoms with E-state index in [1.807, 2.05) is 47.3 Å². The van der Waals surface area contributed by atoms with E-state index < -0.39 is 12.8 Å². The van der Waals surface area contributed by atoms with E-state index in [-0.39, 0.29) is 6.54 Å². The predicted octanol–water partition coefficient (Wildman–Crippen LogP) is 2.47. The van der Waals surface area contributed by atoms with Crippen LogP contribution in [0.15, 0.2) is 73.4 Å². The molecule has 0 aliphatic heterocycles. The standard InChI is InChI=1S/C17H17N2O3P/c20-23(21,22)17(8-2-1-3-9-17)14-19-12-6-16(7-13-19)15-4-10-18-11-5-15/h1-8,10-13H,9,14H2,(H-,20,21,22)/p+1. The summed E-state index contributed by atoms with van der Waals surface area (Å²) in [6.07, 6.45) is 14.4. The van der Waals surface area contributed by atoms with Gasteiger partial charge in [-0.25, -0.2) is 4.57 Å². The van der Waals surface area contributed by atoms with Gasteiger partial charge in [-0.2, -0.15) is 0 Å². The van der Waals surface area contributed by atoms with Crippen molar-refractivity contribution < 1.29 is 18.9 Å². The number of allylic oxidation sites excluding steroid dienone is 4. The third kappa shape index (κ3) is 3.32. The van der Waals surface area contributed by atoms with Crippen molar-refractivity contribution in [3.63, 3.8) is 0 Å². The molecule has 2 heterocycles. The summed E-state index contributed by atoms with van der Waals surface area (Å²) in [7, 11) is -4.27. The van der Waals surface area contributed by atoms with Gasteiger partial charge in [0.2, 0.25) is 0 Å². The van der Waals surface area contributed by atoms with Crippen LogP contribution in [0.1, 0.15) is 6.42 Å². The second-order valence-corrected chi connectivity index (χ2v) is 7.61. The number of rotatable bonds is 4. The van der Waals surface area contributed by atoms with E-state index in [4.69, 9.17) is 0 Å². The second kappa shape index (κ2) is 6.20. The summed E-state index contributed by atoms with van der Waals surface area (Å²) in [4.78, 5) is 23.6. The second-order valence-electron chi connectivity index (χ2n) is 5.63. The Kier molecular flexibility index (Phi) is 4.26. The molecule has 1 aliphatic carbocycles. The first-order valence-corrected chi connectivity index (χ1v) is 8.91. The minimum absolute atomic E-state index is 0.231. The molecule has 23 heavy (non-hydrogen) atoms. The zero-order chi connectivity index (χ0) is 16.3.